The highest BCUT2D eigenvalue weighted by molar-refractivity contribution is 4.82. The Kier molecular flexibility index (Phi) is 36.6. The highest BCUT2D eigenvalue weighted by Crippen LogP contribution is 2.13. The van der Waals surface area contributed by atoms with Crippen molar-refractivity contribution >= 4 is 0 Å². The molecule has 0 aromatic carbocycles. The molecular weight excluding hydrogens is 566 g/mol. The summed E-state index contributed by atoms with van der Waals surface area (Å²) in [5, 5.41) is 9.32. The van der Waals surface area contributed by atoms with Gasteiger partial charge in [-0.2, -0.15) is 0 Å². The van der Waals surface area contributed by atoms with Crippen molar-refractivity contribution in [3.05, 3.63) is 24.3 Å². The zero-order chi connectivity index (χ0) is 33.7. The number of unbranched alkanes of at least 4 members (excludes halogenated alkanes) is 22. The molecule has 0 bridgehead atoms. The first-order valence-corrected chi connectivity index (χ1v) is 20.5. The van der Waals surface area contributed by atoms with Crippen LogP contribution in [-0.4, -0.2) is 69.3 Å². The Morgan fingerprint density at radius 1 is 0.500 bits per heavy atom. The zero-order valence-electron chi connectivity index (χ0n) is 31.9. The van der Waals surface area contributed by atoms with Gasteiger partial charge >= 0.3 is 0 Å². The lowest BCUT2D eigenvalue weighted by molar-refractivity contribution is -0.893. The van der Waals surface area contributed by atoms with E-state index in [1.165, 1.54) is 154 Å². The molecule has 4 heteroatoms. The van der Waals surface area contributed by atoms with E-state index < -0.39 is 0 Å². The van der Waals surface area contributed by atoms with Crippen molar-refractivity contribution < 1.29 is 19.1 Å². The number of likely N-dealkylation sites (N-methyl/N-ethyl adjacent to an activating group) is 1. The van der Waals surface area contributed by atoms with Crippen molar-refractivity contribution in [2.75, 3.05) is 53.6 Å². The van der Waals surface area contributed by atoms with Crippen LogP contribution < -0.4 is 0 Å². The van der Waals surface area contributed by atoms with Crippen molar-refractivity contribution in [2.24, 2.45) is 0 Å². The molecule has 0 aliphatic rings. The Bertz CT molecular complexity index is 632. The number of ether oxygens (including phenoxy) is 2. The lowest BCUT2D eigenvalue weighted by Gasteiger charge is -2.33. The molecule has 0 aromatic heterocycles. The lowest BCUT2D eigenvalue weighted by Crippen LogP contribution is -2.48. The van der Waals surface area contributed by atoms with Crippen LogP contribution in [-0.2, 0) is 9.47 Å². The van der Waals surface area contributed by atoms with Gasteiger partial charge in [0, 0.05) is 26.2 Å². The van der Waals surface area contributed by atoms with E-state index in [9.17, 15) is 5.11 Å². The molecule has 1 unspecified atom stereocenters. The van der Waals surface area contributed by atoms with Gasteiger partial charge in [-0.05, 0) is 64.2 Å². The molecule has 0 radical (unpaired) electrons. The maximum Gasteiger partial charge on any atom is 0.130 e. The Hall–Kier alpha value is -0.680. The van der Waals surface area contributed by atoms with E-state index in [1.54, 1.807) is 0 Å². The summed E-state index contributed by atoms with van der Waals surface area (Å²) in [5.74, 6) is 0. The predicted molar refractivity (Wildman–Crippen MR) is 204 cm³/mol. The first-order chi connectivity index (χ1) is 22.6. The summed E-state index contributed by atoms with van der Waals surface area (Å²) < 4.78 is 13.4. The monoisotopic (exact) mass is 651 g/mol. The van der Waals surface area contributed by atoms with Crippen molar-refractivity contribution in [1.29, 1.82) is 0 Å². The number of hydrogen-bond donors (Lipinski definition) is 1. The minimum Gasteiger partial charge on any atom is -0.396 e. The molecule has 46 heavy (non-hydrogen) atoms. The van der Waals surface area contributed by atoms with Crippen LogP contribution in [0.1, 0.15) is 187 Å². The minimum atomic E-state index is 0.136. The molecule has 0 aliphatic carbocycles. The molecule has 1 N–H and O–H groups in total. The van der Waals surface area contributed by atoms with Gasteiger partial charge in [0.05, 0.1) is 27.2 Å². The smallest absolute Gasteiger partial charge is 0.130 e. The van der Waals surface area contributed by atoms with Crippen molar-refractivity contribution in [1.82, 2.24) is 0 Å². The van der Waals surface area contributed by atoms with E-state index in [0.717, 1.165) is 50.0 Å². The summed E-state index contributed by atoms with van der Waals surface area (Å²) in [5.41, 5.74) is 0. The summed E-state index contributed by atoms with van der Waals surface area (Å²) in [6.45, 7) is 9.12. The Labute approximate surface area is 289 Å². The summed E-state index contributed by atoms with van der Waals surface area (Å²) in [6.07, 6.45) is 45.0. The Morgan fingerprint density at radius 3 is 1.33 bits per heavy atom. The second-order valence-corrected chi connectivity index (χ2v) is 14.7. The quantitative estimate of drug-likeness (QED) is 0.0410. The van der Waals surface area contributed by atoms with Crippen LogP contribution >= 0.6 is 0 Å². The number of aliphatic hydroxyl groups is 1. The number of nitrogens with zero attached hydrogens (tertiary/aromatic N) is 1. The number of quaternary nitrogens is 1. The van der Waals surface area contributed by atoms with E-state index in [2.05, 4.69) is 52.2 Å². The standard InChI is InChI=1S/C42H84NO3/c1-5-7-9-11-13-15-17-19-21-23-25-27-29-31-33-38-45-41-42(40-43(3,4)36-35-37-44)46-39-34-32-30-28-26-24-22-20-18-16-14-12-10-8-6-2/h17-20,42,44H,5-16,21-41H2,1-4H3/q+1/b19-17+,20-18+. The van der Waals surface area contributed by atoms with E-state index in [0.29, 0.717) is 6.61 Å². The van der Waals surface area contributed by atoms with Crippen LogP contribution in [0.25, 0.3) is 0 Å². The zero-order valence-corrected chi connectivity index (χ0v) is 31.9. The van der Waals surface area contributed by atoms with Crippen LogP contribution in [0.5, 0.6) is 0 Å². The van der Waals surface area contributed by atoms with Gasteiger partial charge in [0.1, 0.15) is 12.6 Å². The van der Waals surface area contributed by atoms with Gasteiger partial charge in [0.15, 0.2) is 0 Å². The topological polar surface area (TPSA) is 38.7 Å². The van der Waals surface area contributed by atoms with Crippen LogP contribution in [0.4, 0.5) is 0 Å². The minimum absolute atomic E-state index is 0.136. The number of allylic oxidation sites excluding steroid dienone is 4. The van der Waals surface area contributed by atoms with Gasteiger partial charge in [0.2, 0.25) is 0 Å². The first-order valence-electron chi connectivity index (χ1n) is 20.5. The molecule has 0 aromatic rings. The Balaban J connectivity index is 3.90. The molecule has 4 nitrogen and oxygen atoms in total. The summed E-state index contributed by atoms with van der Waals surface area (Å²) >= 11 is 0. The predicted octanol–water partition coefficient (Wildman–Crippen LogP) is 12.1. The molecule has 0 saturated heterocycles. The van der Waals surface area contributed by atoms with Crippen LogP contribution in [0, 0.1) is 0 Å². The maximum atomic E-state index is 9.32. The van der Waals surface area contributed by atoms with E-state index in [1.807, 2.05) is 0 Å². The third-order valence-electron chi connectivity index (χ3n) is 9.23. The van der Waals surface area contributed by atoms with Gasteiger partial charge in [-0.25, -0.2) is 0 Å². The molecule has 0 fully saturated rings. The molecule has 0 heterocycles. The SMILES string of the molecule is CCCCCCC/C=C/CCCCCCCCOCC(C[N+](C)(C)CCCO)OCCCCCCCC/C=C/CCCCCCC. The van der Waals surface area contributed by atoms with Gasteiger partial charge < -0.3 is 19.1 Å². The molecule has 0 amide bonds. The molecule has 0 aliphatic heterocycles. The molecule has 0 saturated carbocycles. The molecule has 1 atom stereocenters. The van der Waals surface area contributed by atoms with Gasteiger partial charge in [-0.1, -0.05) is 141 Å². The third-order valence-corrected chi connectivity index (χ3v) is 9.23. The van der Waals surface area contributed by atoms with Crippen molar-refractivity contribution in [2.45, 2.75) is 193 Å². The fourth-order valence-electron chi connectivity index (χ4n) is 6.21. The summed E-state index contributed by atoms with van der Waals surface area (Å²) in [4.78, 5) is 0. The highest BCUT2D eigenvalue weighted by atomic mass is 16.5. The molecule has 0 spiro atoms. The van der Waals surface area contributed by atoms with Gasteiger partial charge in [0.25, 0.3) is 0 Å². The second-order valence-electron chi connectivity index (χ2n) is 14.7. The average molecular weight is 651 g/mol. The van der Waals surface area contributed by atoms with E-state index in [-0.39, 0.29) is 12.7 Å². The van der Waals surface area contributed by atoms with Crippen molar-refractivity contribution in [3.8, 4) is 0 Å². The lowest BCUT2D eigenvalue weighted by atomic mass is 10.1. The fraction of sp³-hybridized carbons (Fsp3) is 0.905. The average Bonchev–Trinajstić information content (AvgIpc) is 3.04. The second kappa shape index (κ2) is 37.1. The number of hydrogen-bond acceptors (Lipinski definition) is 3. The molecule has 0 rings (SSSR count). The summed E-state index contributed by atoms with van der Waals surface area (Å²) in [6, 6.07) is 0. The number of rotatable bonds is 38. The van der Waals surface area contributed by atoms with Gasteiger partial charge in [-0.3, -0.25) is 0 Å². The van der Waals surface area contributed by atoms with Crippen LogP contribution in [0.15, 0.2) is 24.3 Å². The largest absolute Gasteiger partial charge is 0.396 e. The third kappa shape index (κ3) is 36.2. The molecular formula is C42H84NO3+. The molecule has 274 valence electrons. The van der Waals surface area contributed by atoms with E-state index >= 15 is 0 Å². The first kappa shape index (κ1) is 45.3. The highest BCUT2D eigenvalue weighted by Gasteiger charge is 2.22. The maximum absolute atomic E-state index is 9.32. The van der Waals surface area contributed by atoms with Crippen LogP contribution in [0.2, 0.25) is 0 Å². The summed E-state index contributed by atoms with van der Waals surface area (Å²) in [7, 11) is 4.50. The van der Waals surface area contributed by atoms with Crippen molar-refractivity contribution in [3.63, 3.8) is 0 Å². The van der Waals surface area contributed by atoms with Crippen LogP contribution in [0.3, 0.4) is 0 Å². The number of aliphatic hydroxyl groups excluding tert-OH is 1. The Morgan fingerprint density at radius 2 is 0.891 bits per heavy atom. The fourth-order valence-corrected chi connectivity index (χ4v) is 6.21. The van der Waals surface area contributed by atoms with Gasteiger partial charge in [-0.15, -0.1) is 0 Å². The normalized spacial score (nSPS) is 13.1. The van der Waals surface area contributed by atoms with E-state index in [4.69, 9.17) is 9.47 Å².